The summed E-state index contributed by atoms with van der Waals surface area (Å²) in [4.78, 5) is 17.7. The Kier molecular flexibility index (Phi) is 4.36. The van der Waals surface area contributed by atoms with Crippen molar-refractivity contribution in [3.05, 3.63) is 24.0 Å². The van der Waals surface area contributed by atoms with E-state index in [0.717, 1.165) is 24.2 Å². The zero-order valence-electron chi connectivity index (χ0n) is 14.2. The number of ether oxygens (including phenoxy) is 1. The number of rotatable bonds is 5. The summed E-state index contributed by atoms with van der Waals surface area (Å²) >= 11 is 0. The molecule has 0 aliphatic heterocycles. The first kappa shape index (κ1) is 16.6. The SMILES string of the molecule is Cc1ccc(N(C)CC2(OC(N)=O)CC2CC(C)(C)C)cn1. The third-order valence-electron chi connectivity index (χ3n) is 4.18. The van der Waals surface area contributed by atoms with Gasteiger partial charge in [-0.1, -0.05) is 20.8 Å². The van der Waals surface area contributed by atoms with Crippen LogP contribution in [-0.2, 0) is 4.74 Å². The van der Waals surface area contributed by atoms with Crippen molar-refractivity contribution in [1.82, 2.24) is 4.98 Å². The van der Waals surface area contributed by atoms with E-state index >= 15 is 0 Å². The Hall–Kier alpha value is -1.78. The summed E-state index contributed by atoms with van der Waals surface area (Å²) in [5.41, 5.74) is 7.03. The Morgan fingerprint density at radius 3 is 2.68 bits per heavy atom. The summed E-state index contributed by atoms with van der Waals surface area (Å²) in [6.45, 7) is 9.21. The highest BCUT2D eigenvalue weighted by molar-refractivity contribution is 5.66. The van der Waals surface area contributed by atoms with E-state index in [1.165, 1.54) is 0 Å². The van der Waals surface area contributed by atoms with Gasteiger partial charge in [0.15, 0.2) is 0 Å². The topological polar surface area (TPSA) is 68.5 Å². The van der Waals surface area contributed by atoms with Crippen LogP contribution in [0.2, 0.25) is 0 Å². The predicted molar refractivity (Wildman–Crippen MR) is 87.8 cm³/mol. The highest BCUT2D eigenvalue weighted by atomic mass is 16.6. The lowest BCUT2D eigenvalue weighted by Gasteiger charge is -2.27. The zero-order valence-corrected chi connectivity index (χ0v) is 14.2. The maximum Gasteiger partial charge on any atom is 0.405 e. The molecule has 2 rings (SSSR count). The van der Waals surface area contributed by atoms with E-state index in [1.54, 1.807) is 0 Å². The lowest BCUT2D eigenvalue weighted by atomic mass is 9.88. The molecule has 1 amide bonds. The van der Waals surface area contributed by atoms with Crippen molar-refractivity contribution in [3.63, 3.8) is 0 Å². The van der Waals surface area contributed by atoms with Gasteiger partial charge in [0.05, 0.1) is 18.4 Å². The van der Waals surface area contributed by atoms with Gasteiger partial charge in [-0.05, 0) is 37.3 Å². The number of anilines is 1. The minimum Gasteiger partial charge on any atom is -0.441 e. The maximum atomic E-state index is 11.3. The van der Waals surface area contributed by atoms with E-state index in [9.17, 15) is 4.79 Å². The first-order valence-electron chi connectivity index (χ1n) is 7.74. The predicted octanol–water partition coefficient (Wildman–Crippen LogP) is 3.12. The number of hydrogen-bond acceptors (Lipinski definition) is 4. The molecule has 5 nitrogen and oxygen atoms in total. The molecule has 1 aliphatic rings. The molecule has 22 heavy (non-hydrogen) atoms. The minimum atomic E-state index is -0.688. The van der Waals surface area contributed by atoms with Gasteiger partial charge in [0, 0.05) is 18.7 Å². The second-order valence-corrected chi connectivity index (χ2v) is 7.67. The normalized spacial score (nSPS) is 24.0. The van der Waals surface area contributed by atoms with Crippen molar-refractivity contribution < 1.29 is 9.53 Å². The van der Waals surface area contributed by atoms with Crippen LogP contribution in [0.5, 0.6) is 0 Å². The van der Waals surface area contributed by atoms with E-state index < -0.39 is 11.7 Å². The fourth-order valence-corrected chi connectivity index (χ4v) is 3.09. The van der Waals surface area contributed by atoms with Crippen molar-refractivity contribution in [2.45, 2.75) is 46.1 Å². The smallest absolute Gasteiger partial charge is 0.405 e. The molecule has 0 spiro atoms. The molecule has 122 valence electrons. The minimum absolute atomic E-state index is 0.206. The van der Waals surface area contributed by atoms with Crippen molar-refractivity contribution >= 4 is 11.8 Å². The summed E-state index contributed by atoms with van der Waals surface area (Å²) in [6.07, 6.45) is 3.04. The van der Waals surface area contributed by atoms with Crippen LogP contribution in [0, 0.1) is 18.3 Å². The maximum absolute atomic E-state index is 11.3. The van der Waals surface area contributed by atoms with Crippen molar-refractivity contribution in [2.24, 2.45) is 17.1 Å². The van der Waals surface area contributed by atoms with Gasteiger partial charge in [0.2, 0.25) is 0 Å². The molecule has 0 saturated heterocycles. The molecule has 0 aromatic carbocycles. The molecule has 0 radical (unpaired) electrons. The van der Waals surface area contributed by atoms with Crippen LogP contribution in [0.25, 0.3) is 0 Å². The van der Waals surface area contributed by atoms with Gasteiger partial charge in [-0.15, -0.1) is 0 Å². The van der Waals surface area contributed by atoms with Gasteiger partial charge in [-0.25, -0.2) is 4.79 Å². The lowest BCUT2D eigenvalue weighted by molar-refractivity contribution is 0.0788. The Balaban J connectivity index is 2.08. The van der Waals surface area contributed by atoms with Gasteiger partial charge in [-0.2, -0.15) is 0 Å². The third-order valence-corrected chi connectivity index (χ3v) is 4.18. The number of likely N-dealkylation sites (N-methyl/N-ethyl adjacent to an activating group) is 1. The average molecular weight is 305 g/mol. The Morgan fingerprint density at radius 1 is 1.50 bits per heavy atom. The number of nitrogens with zero attached hydrogens (tertiary/aromatic N) is 2. The second-order valence-electron chi connectivity index (χ2n) is 7.67. The first-order chi connectivity index (χ1) is 10.1. The molecule has 1 aliphatic carbocycles. The lowest BCUT2D eigenvalue weighted by Crippen LogP contribution is -2.38. The van der Waals surface area contributed by atoms with E-state index in [4.69, 9.17) is 10.5 Å². The van der Waals surface area contributed by atoms with Crippen molar-refractivity contribution in [3.8, 4) is 0 Å². The summed E-state index contributed by atoms with van der Waals surface area (Å²) in [7, 11) is 1.99. The van der Waals surface area contributed by atoms with Crippen LogP contribution in [0.3, 0.4) is 0 Å². The molecule has 1 aromatic rings. The Bertz CT molecular complexity index is 536. The van der Waals surface area contributed by atoms with Gasteiger partial charge >= 0.3 is 6.09 Å². The molecule has 1 aromatic heterocycles. The molecule has 1 saturated carbocycles. The van der Waals surface area contributed by atoms with Gasteiger partial charge < -0.3 is 15.4 Å². The molecule has 0 bridgehead atoms. The molecule has 2 atom stereocenters. The number of amides is 1. The molecular weight excluding hydrogens is 278 g/mol. The van der Waals surface area contributed by atoms with Crippen LogP contribution >= 0.6 is 0 Å². The number of primary amides is 1. The van der Waals surface area contributed by atoms with Crippen LogP contribution in [0.1, 0.15) is 39.3 Å². The molecule has 2 unspecified atom stereocenters. The Labute approximate surface area is 132 Å². The number of aromatic nitrogens is 1. The molecule has 1 fully saturated rings. The fraction of sp³-hybridized carbons (Fsp3) is 0.647. The summed E-state index contributed by atoms with van der Waals surface area (Å²) < 4.78 is 5.50. The molecule has 5 heteroatoms. The van der Waals surface area contributed by atoms with Crippen LogP contribution in [0.4, 0.5) is 10.5 Å². The highest BCUT2D eigenvalue weighted by Crippen LogP contribution is 2.53. The summed E-state index contributed by atoms with van der Waals surface area (Å²) in [5, 5.41) is 0. The summed E-state index contributed by atoms with van der Waals surface area (Å²) in [5.74, 6) is 0.362. The standard InChI is InChI=1S/C17H27N3O2/c1-12-6-7-14(10-19-12)20(5)11-17(22-15(18)21)9-13(17)8-16(2,3)4/h6-7,10,13H,8-9,11H2,1-5H3,(H2,18,21). The number of nitrogens with two attached hydrogens (primary N) is 1. The largest absolute Gasteiger partial charge is 0.441 e. The van der Waals surface area contributed by atoms with E-state index in [2.05, 4.69) is 30.7 Å². The Morgan fingerprint density at radius 2 is 2.18 bits per heavy atom. The summed E-state index contributed by atoms with van der Waals surface area (Å²) in [6, 6.07) is 4.01. The second kappa shape index (κ2) is 5.78. The van der Waals surface area contributed by atoms with Gasteiger partial charge in [-0.3, -0.25) is 4.98 Å². The first-order valence-corrected chi connectivity index (χ1v) is 7.74. The fourth-order valence-electron chi connectivity index (χ4n) is 3.09. The van der Waals surface area contributed by atoms with Crippen molar-refractivity contribution in [1.29, 1.82) is 0 Å². The van der Waals surface area contributed by atoms with Crippen LogP contribution in [-0.4, -0.2) is 30.3 Å². The van der Waals surface area contributed by atoms with Crippen LogP contribution in [0.15, 0.2) is 18.3 Å². The zero-order chi connectivity index (χ0) is 16.5. The molecule has 1 heterocycles. The van der Waals surface area contributed by atoms with Gasteiger partial charge in [0.1, 0.15) is 5.60 Å². The van der Waals surface area contributed by atoms with Gasteiger partial charge in [0.25, 0.3) is 0 Å². The molecule has 2 N–H and O–H groups in total. The van der Waals surface area contributed by atoms with E-state index in [1.807, 2.05) is 32.3 Å². The number of hydrogen-bond donors (Lipinski definition) is 1. The third kappa shape index (κ3) is 4.12. The van der Waals surface area contributed by atoms with E-state index in [0.29, 0.717) is 12.5 Å². The van der Waals surface area contributed by atoms with E-state index in [-0.39, 0.29) is 5.41 Å². The number of pyridine rings is 1. The number of carbonyl (C=O) groups is 1. The van der Waals surface area contributed by atoms with Crippen molar-refractivity contribution in [2.75, 3.05) is 18.5 Å². The monoisotopic (exact) mass is 305 g/mol. The number of carbonyl (C=O) groups excluding carboxylic acids is 1. The quantitative estimate of drug-likeness (QED) is 0.907. The molecular formula is C17H27N3O2. The number of aryl methyl sites for hydroxylation is 1. The van der Waals surface area contributed by atoms with Crippen LogP contribution < -0.4 is 10.6 Å². The highest BCUT2D eigenvalue weighted by Gasteiger charge is 2.59. The average Bonchev–Trinajstić information content (AvgIpc) is 2.97.